The molecule has 2 atom stereocenters. The monoisotopic (exact) mass is 248 g/mol. The highest BCUT2D eigenvalue weighted by molar-refractivity contribution is 5.66. The molecule has 0 aromatic heterocycles. The van der Waals surface area contributed by atoms with Crippen molar-refractivity contribution in [1.29, 1.82) is 0 Å². The van der Waals surface area contributed by atoms with E-state index in [0.29, 0.717) is 12.5 Å². The Morgan fingerprint density at radius 1 is 1.44 bits per heavy atom. The van der Waals surface area contributed by atoms with Crippen LogP contribution in [0, 0.1) is 0 Å². The third kappa shape index (κ3) is 3.23. The SMILES string of the molecule is CC1CNC(CCC(=O)O)CN1c1ccccc1. The number of rotatable bonds is 4. The van der Waals surface area contributed by atoms with Crippen molar-refractivity contribution in [3.8, 4) is 0 Å². The van der Waals surface area contributed by atoms with Gasteiger partial charge in [-0.25, -0.2) is 0 Å². The largest absolute Gasteiger partial charge is 0.481 e. The molecule has 4 heteroatoms. The van der Waals surface area contributed by atoms with Crippen LogP contribution in [-0.4, -0.2) is 36.2 Å². The fraction of sp³-hybridized carbons (Fsp3) is 0.500. The third-order valence-electron chi connectivity index (χ3n) is 3.45. The van der Waals surface area contributed by atoms with E-state index in [1.807, 2.05) is 18.2 Å². The highest BCUT2D eigenvalue weighted by atomic mass is 16.4. The molecule has 1 aromatic carbocycles. The number of aliphatic carboxylic acids is 1. The average molecular weight is 248 g/mol. The van der Waals surface area contributed by atoms with Gasteiger partial charge in [-0.05, 0) is 25.5 Å². The minimum atomic E-state index is -0.721. The van der Waals surface area contributed by atoms with Gasteiger partial charge in [-0.15, -0.1) is 0 Å². The van der Waals surface area contributed by atoms with E-state index in [2.05, 4.69) is 29.3 Å². The van der Waals surface area contributed by atoms with Crippen molar-refractivity contribution in [2.45, 2.75) is 31.8 Å². The number of carboxylic acid groups (broad SMARTS) is 1. The molecule has 2 rings (SSSR count). The fourth-order valence-electron chi connectivity index (χ4n) is 2.40. The van der Waals surface area contributed by atoms with Crippen LogP contribution in [0.2, 0.25) is 0 Å². The number of anilines is 1. The van der Waals surface area contributed by atoms with Gasteiger partial charge in [-0.2, -0.15) is 0 Å². The molecule has 1 aromatic rings. The van der Waals surface area contributed by atoms with Crippen LogP contribution in [0.15, 0.2) is 30.3 Å². The second kappa shape index (κ2) is 5.87. The highest BCUT2D eigenvalue weighted by Gasteiger charge is 2.25. The van der Waals surface area contributed by atoms with E-state index in [1.165, 1.54) is 5.69 Å². The van der Waals surface area contributed by atoms with Crippen LogP contribution >= 0.6 is 0 Å². The standard InChI is InChI=1S/C14H20N2O2/c1-11-9-15-12(7-8-14(17)18)10-16(11)13-5-3-2-4-6-13/h2-6,11-12,15H,7-10H2,1H3,(H,17,18). The molecule has 4 nitrogen and oxygen atoms in total. The number of hydrogen-bond acceptors (Lipinski definition) is 3. The molecule has 0 aliphatic carbocycles. The van der Waals surface area contributed by atoms with Crippen molar-refractivity contribution < 1.29 is 9.90 Å². The summed E-state index contributed by atoms with van der Waals surface area (Å²) in [5.74, 6) is -0.721. The molecule has 2 unspecified atom stereocenters. The van der Waals surface area contributed by atoms with E-state index >= 15 is 0 Å². The molecule has 1 saturated heterocycles. The van der Waals surface area contributed by atoms with Crippen LogP contribution in [0.25, 0.3) is 0 Å². The van der Waals surface area contributed by atoms with Crippen molar-refractivity contribution in [2.24, 2.45) is 0 Å². The summed E-state index contributed by atoms with van der Waals surface area (Å²) in [6, 6.07) is 11.0. The lowest BCUT2D eigenvalue weighted by molar-refractivity contribution is -0.137. The van der Waals surface area contributed by atoms with Crippen LogP contribution in [-0.2, 0) is 4.79 Å². The van der Waals surface area contributed by atoms with Gasteiger partial charge in [0.2, 0.25) is 0 Å². The maximum absolute atomic E-state index is 10.6. The maximum atomic E-state index is 10.6. The number of carboxylic acids is 1. The summed E-state index contributed by atoms with van der Waals surface area (Å²) in [6.45, 7) is 3.96. The summed E-state index contributed by atoms with van der Waals surface area (Å²) in [4.78, 5) is 13.0. The summed E-state index contributed by atoms with van der Waals surface area (Å²) in [7, 11) is 0. The van der Waals surface area contributed by atoms with Crippen LogP contribution in [0.5, 0.6) is 0 Å². The number of benzene rings is 1. The molecule has 1 fully saturated rings. The van der Waals surface area contributed by atoms with Gasteiger partial charge in [0.05, 0.1) is 0 Å². The van der Waals surface area contributed by atoms with E-state index < -0.39 is 5.97 Å². The molecular formula is C14H20N2O2. The molecule has 18 heavy (non-hydrogen) atoms. The van der Waals surface area contributed by atoms with Crippen molar-refractivity contribution in [3.63, 3.8) is 0 Å². The molecule has 2 N–H and O–H groups in total. The van der Waals surface area contributed by atoms with E-state index in [9.17, 15) is 4.79 Å². The second-order valence-corrected chi connectivity index (χ2v) is 4.87. The molecule has 1 aliphatic rings. The number of nitrogens with zero attached hydrogens (tertiary/aromatic N) is 1. The van der Waals surface area contributed by atoms with Gasteiger partial charge < -0.3 is 15.3 Å². The van der Waals surface area contributed by atoms with E-state index in [-0.39, 0.29) is 12.5 Å². The first-order valence-corrected chi connectivity index (χ1v) is 6.43. The van der Waals surface area contributed by atoms with E-state index in [4.69, 9.17) is 5.11 Å². The van der Waals surface area contributed by atoms with Crippen LogP contribution < -0.4 is 10.2 Å². The molecule has 0 amide bonds. The Morgan fingerprint density at radius 2 is 2.17 bits per heavy atom. The quantitative estimate of drug-likeness (QED) is 0.852. The Hall–Kier alpha value is -1.55. The van der Waals surface area contributed by atoms with Gasteiger partial charge in [-0.1, -0.05) is 18.2 Å². The zero-order chi connectivity index (χ0) is 13.0. The Morgan fingerprint density at radius 3 is 2.83 bits per heavy atom. The lowest BCUT2D eigenvalue weighted by Crippen LogP contribution is -2.55. The summed E-state index contributed by atoms with van der Waals surface area (Å²) in [5, 5.41) is 12.2. The predicted molar refractivity (Wildman–Crippen MR) is 71.9 cm³/mol. The second-order valence-electron chi connectivity index (χ2n) is 4.87. The minimum absolute atomic E-state index is 0.231. The van der Waals surface area contributed by atoms with Crippen molar-refractivity contribution >= 4 is 11.7 Å². The van der Waals surface area contributed by atoms with Gasteiger partial charge in [-0.3, -0.25) is 4.79 Å². The van der Waals surface area contributed by atoms with Crippen molar-refractivity contribution in [1.82, 2.24) is 5.32 Å². The fourth-order valence-corrected chi connectivity index (χ4v) is 2.40. The van der Waals surface area contributed by atoms with Gasteiger partial charge in [0.25, 0.3) is 0 Å². The van der Waals surface area contributed by atoms with Crippen LogP contribution in [0.4, 0.5) is 5.69 Å². The predicted octanol–water partition coefficient (Wildman–Crippen LogP) is 1.72. The van der Waals surface area contributed by atoms with Crippen molar-refractivity contribution in [3.05, 3.63) is 30.3 Å². The average Bonchev–Trinajstić information content (AvgIpc) is 2.38. The Balaban J connectivity index is 1.99. The minimum Gasteiger partial charge on any atom is -0.481 e. The first-order valence-electron chi connectivity index (χ1n) is 6.43. The molecule has 1 heterocycles. The lowest BCUT2D eigenvalue weighted by atomic mass is 10.0. The molecular weight excluding hydrogens is 228 g/mol. The molecule has 0 saturated carbocycles. The van der Waals surface area contributed by atoms with Gasteiger partial charge >= 0.3 is 5.97 Å². The van der Waals surface area contributed by atoms with E-state index in [0.717, 1.165) is 13.1 Å². The van der Waals surface area contributed by atoms with Crippen LogP contribution in [0.3, 0.4) is 0 Å². The molecule has 1 aliphatic heterocycles. The molecule has 0 radical (unpaired) electrons. The number of carbonyl (C=O) groups is 1. The number of para-hydroxylation sites is 1. The highest BCUT2D eigenvalue weighted by Crippen LogP contribution is 2.20. The Labute approximate surface area is 108 Å². The lowest BCUT2D eigenvalue weighted by Gasteiger charge is -2.40. The molecule has 0 bridgehead atoms. The first-order chi connectivity index (χ1) is 8.66. The summed E-state index contributed by atoms with van der Waals surface area (Å²) >= 11 is 0. The van der Waals surface area contributed by atoms with Gasteiger partial charge in [0.1, 0.15) is 0 Å². The van der Waals surface area contributed by atoms with Gasteiger partial charge in [0, 0.05) is 37.3 Å². The third-order valence-corrected chi connectivity index (χ3v) is 3.45. The van der Waals surface area contributed by atoms with E-state index in [1.54, 1.807) is 0 Å². The zero-order valence-electron chi connectivity index (χ0n) is 10.7. The van der Waals surface area contributed by atoms with Gasteiger partial charge in [0.15, 0.2) is 0 Å². The molecule has 0 spiro atoms. The summed E-state index contributed by atoms with van der Waals surface area (Å²) in [5.41, 5.74) is 1.21. The number of nitrogens with one attached hydrogen (secondary N) is 1. The summed E-state index contributed by atoms with van der Waals surface area (Å²) in [6.07, 6.45) is 0.917. The Kier molecular flexibility index (Phi) is 4.20. The zero-order valence-corrected chi connectivity index (χ0v) is 10.7. The Bertz CT molecular complexity index is 394. The normalized spacial score (nSPS) is 23.9. The summed E-state index contributed by atoms with van der Waals surface area (Å²) < 4.78 is 0. The van der Waals surface area contributed by atoms with Crippen molar-refractivity contribution in [2.75, 3.05) is 18.0 Å². The topological polar surface area (TPSA) is 52.6 Å². The van der Waals surface area contributed by atoms with Crippen LogP contribution in [0.1, 0.15) is 19.8 Å². The first kappa shape index (κ1) is 12.9. The number of piperazine rings is 1. The smallest absolute Gasteiger partial charge is 0.303 e. The molecule has 98 valence electrons. The number of hydrogen-bond donors (Lipinski definition) is 2. The maximum Gasteiger partial charge on any atom is 0.303 e.